The second kappa shape index (κ2) is 7.61. The van der Waals surface area contributed by atoms with Crippen molar-refractivity contribution in [3.05, 3.63) is 39.9 Å². The third-order valence-corrected chi connectivity index (χ3v) is 3.88. The van der Waals surface area contributed by atoms with Crippen LogP contribution in [0.2, 0.25) is 0 Å². The van der Waals surface area contributed by atoms with E-state index in [1.165, 1.54) is 29.2 Å². The summed E-state index contributed by atoms with van der Waals surface area (Å²) in [4.78, 5) is 23.5. The lowest BCUT2D eigenvalue weighted by atomic mass is 9.98. The molecular weight excluding hydrogens is 329 g/mol. The molecule has 1 aromatic carbocycles. The SMILES string of the molecule is O=C(OCC1CCN(CC(F)(F)F)CC1)c1ccccc1[N+](=O)[O-]. The van der Waals surface area contributed by atoms with E-state index in [0.717, 1.165) is 0 Å². The van der Waals surface area contributed by atoms with Crippen molar-refractivity contribution in [1.29, 1.82) is 0 Å². The second-order valence-electron chi connectivity index (χ2n) is 5.71. The first-order valence-electron chi connectivity index (χ1n) is 7.46. The quantitative estimate of drug-likeness (QED) is 0.465. The van der Waals surface area contributed by atoms with Gasteiger partial charge >= 0.3 is 12.1 Å². The third kappa shape index (κ3) is 5.19. The molecule has 1 fully saturated rings. The number of nitro benzene ring substituents is 1. The molecule has 0 aliphatic carbocycles. The van der Waals surface area contributed by atoms with Crippen molar-refractivity contribution >= 4 is 11.7 Å². The summed E-state index contributed by atoms with van der Waals surface area (Å²) in [6.45, 7) is -0.319. The van der Waals surface area contributed by atoms with Gasteiger partial charge in [0.1, 0.15) is 5.56 Å². The van der Waals surface area contributed by atoms with E-state index in [-0.39, 0.29) is 36.9 Å². The number of esters is 1. The number of carbonyl (C=O) groups is 1. The normalized spacial score (nSPS) is 16.8. The van der Waals surface area contributed by atoms with Gasteiger partial charge in [-0.05, 0) is 37.9 Å². The Morgan fingerprint density at radius 3 is 2.50 bits per heavy atom. The van der Waals surface area contributed by atoms with Crippen molar-refractivity contribution in [2.24, 2.45) is 5.92 Å². The van der Waals surface area contributed by atoms with Crippen LogP contribution < -0.4 is 0 Å². The minimum Gasteiger partial charge on any atom is -0.462 e. The van der Waals surface area contributed by atoms with Gasteiger partial charge < -0.3 is 4.74 Å². The number of ether oxygens (including phenoxy) is 1. The number of halogens is 3. The van der Waals surface area contributed by atoms with E-state index in [2.05, 4.69) is 0 Å². The van der Waals surface area contributed by atoms with E-state index in [9.17, 15) is 28.1 Å². The predicted octanol–water partition coefficient (Wildman–Crippen LogP) is 3.03. The highest BCUT2D eigenvalue weighted by molar-refractivity contribution is 5.93. The van der Waals surface area contributed by atoms with Gasteiger partial charge in [-0.25, -0.2) is 4.79 Å². The van der Waals surface area contributed by atoms with Crippen LogP contribution in [-0.4, -0.2) is 48.2 Å². The van der Waals surface area contributed by atoms with Gasteiger partial charge in [-0.3, -0.25) is 15.0 Å². The second-order valence-corrected chi connectivity index (χ2v) is 5.71. The molecule has 2 rings (SSSR count). The van der Waals surface area contributed by atoms with Gasteiger partial charge in [0.05, 0.1) is 18.1 Å². The molecule has 0 aromatic heterocycles. The average molecular weight is 346 g/mol. The van der Waals surface area contributed by atoms with Crippen molar-refractivity contribution in [3.63, 3.8) is 0 Å². The van der Waals surface area contributed by atoms with E-state index >= 15 is 0 Å². The largest absolute Gasteiger partial charge is 0.462 e. The molecule has 0 amide bonds. The number of alkyl halides is 3. The first kappa shape index (κ1) is 18.2. The van der Waals surface area contributed by atoms with E-state index in [4.69, 9.17) is 4.74 Å². The van der Waals surface area contributed by atoms with Gasteiger partial charge in [0.15, 0.2) is 0 Å². The number of hydrogen-bond donors (Lipinski definition) is 0. The number of piperidine rings is 1. The summed E-state index contributed by atoms with van der Waals surface area (Å²) in [6.07, 6.45) is -3.24. The summed E-state index contributed by atoms with van der Waals surface area (Å²) in [6, 6.07) is 5.48. The molecule has 1 aromatic rings. The van der Waals surface area contributed by atoms with Crippen LogP contribution in [0.15, 0.2) is 24.3 Å². The molecule has 9 heteroatoms. The Labute approximate surface area is 136 Å². The first-order valence-corrected chi connectivity index (χ1v) is 7.46. The fourth-order valence-corrected chi connectivity index (χ4v) is 2.64. The molecule has 0 atom stereocenters. The average Bonchev–Trinajstić information content (AvgIpc) is 2.52. The molecule has 0 bridgehead atoms. The molecule has 132 valence electrons. The van der Waals surface area contributed by atoms with Crippen LogP contribution in [-0.2, 0) is 4.74 Å². The number of para-hydroxylation sites is 1. The fraction of sp³-hybridized carbons (Fsp3) is 0.533. The molecule has 0 saturated carbocycles. The van der Waals surface area contributed by atoms with Crippen LogP contribution in [0.25, 0.3) is 0 Å². The Balaban J connectivity index is 1.83. The lowest BCUT2D eigenvalue weighted by Gasteiger charge is -2.31. The standard InChI is InChI=1S/C15H17F3N2O4/c16-15(17,18)10-19-7-5-11(6-8-19)9-24-14(21)12-3-1-2-4-13(12)20(22)23/h1-4,11H,5-10H2. The molecule has 0 unspecified atom stereocenters. The number of rotatable bonds is 5. The van der Waals surface area contributed by atoms with Crippen LogP contribution in [0.4, 0.5) is 18.9 Å². The Bertz CT molecular complexity index is 599. The molecule has 0 radical (unpaired) electrons. The Morgan fingerprint density at radius 1 is 1.29 bits per heavy atom. The maximum Gasteiger partial charge on any atom is 0.401 e. The Morgan fingerprint density at radius 2 is 1.92 bits per heavy atom. The molecular formula is C15H17F3N2O4. The maximum atomic E-state index is 12.3. The van der Waals surface area contributed by atoms with Gasteiger partial charge in [0.2, 0.25) is 0 Å². The summed E-state index contributed by atoms with van der Waals surface area (Å²) < 4.78 is 42.1. The molecule has 1 heterocycles. The van der Waals surface area contributed by atoms with Crippen molar-refractivity contribution in [3.8, 4) is 0 Å². The Hall–Kier alpha value is -2.16. The summed E-state index contributed by atoms with van der Waals surface area (Å²) >= 11 is 0. The molecule has 1 saturated heterocycles. The van der Waals surface area contributed by atoms with Crippen LogP contribution in [0.5, 0.6) is 0 Å². The van der Waals surface area contributed by atoms with Crippen molar-refractivity contribution < 1.29 is 27.6 Å². The highest BCUT2D eigenvalue weighted by Gasteiger charge is 2.32. The van der Waals surface area contributed by atoms with E-state index < -0.39 is 23.6 Å². The topological polar surface area (TPSA) is 72.7 Å². The fourth-order valence-electron chi connectivity index (χ4n) is 2.64. The molecule has 0 N–H and O–H groups in total. The number of hydrogen-bond acceptors (Lipinski definition) is 5. The number of carbonyl (C=O) groups excluding carboxylic acids is 1. The number of nitro groups is 1. The Kier molecular flexibility index (Phi) is 5.76. The lowest BCUT2D eigenvalue weighted by Crippen LogP contribution is -2.40. The summed E-state index contributed by atoms with van der Waals surface area (Å²) in [5, 5.41) is 10.9. The van der Waals surface area contributed by atoms with Crippen molar-refractivity contribution in [1.82, 2.24) is 4.90 Å². The molecule has 0 spiro atoms. The number of nitrogens with zero attached hydrogens (tertiary/aromatic N) is 2. The van der Waals surface area contributed by atoms with Crippen molar-refractivity contribution in [2.45, 2.75) is 19.0 Å². The summed E-state index contributed by atoms with van der Waals surface area (Å²) in [5.74, 6) is -0.832. The summed E-state index contributed by atoms with van der Waals surface area (Å²) in [7, 11) is 0. The molecule has 1 aliphatic rings. The maximum absolute atomic E-state index is 12.3. The highest BCUT2D eigenvalue weighted by Crippen LogP contribution is 2.24. The smallest absolute Gasteiger partial charge is 0.401 e. The predicted molar refractivity (Wildman–Crippen MR) is 78.6 cm³/mol. The first-order chi connectivity index (χ1) is 11.3. The molecule has 6 nitrogen and oxygen atoms in total. The van der Waals surface area contributed by atoms with E-state index in [0.29, 0.717) is 12.8 Å². The zero-order valence-electron chi connectivity index (χ0n) is 12.8. The minimum absolute atomic E-state index is 0.0406. The van der Waals surface area contributed by atoms with Gasteiger partial charge in [-0.15, -0.1) is 0 Å². The number of benzene rings is 1. The van der Waals surface area contributed by atoms with Gasteiger partial charge in [0.25, 0.3) is 5.69 Å². The summed E-state index contributed by atoms with van der Waals surface area (Å²) in [5.41, 5.74) is -0.459. The number of likely N-dealkylation sites (tertiary alicyclic amines) is 1. The van der Waals surface area contributed by atoms with Crippen LogP contribution in [0, 0.1) is 16.0 Å². The monoisotopic (exact) mass is 346 g/mol. The van der Waals surface area contributed by atoms with Gasteiger partial charge in [0, 0.05) is 6.07 Å². The van der Waals surface area contributed by atoms with E-state index in [1.54, 1.807) is 0 Å². The third-order valence-electron chi connectivity index (χ3n) is 3.88. The molecule has 1 aliphatic heterocycles. The van der Waals surface area contributed by atoms with Gasteiger partial charge in [-0.1, -0.05) is 12.1 Å². The zero-order valence-corrected chi connectivity index (χ0v) is 12.8. The van der Waals surface area contributed by atoms with Gasteiger partial charge in [-0.2, -0.15) is 13.2 Å². The van der Waals surface area contributed by atoms with E-state index in [1.807, 2.05) is 0 Å². The lowest BCUT2D eigenvalue weighted by molar-refractivity contribution is -0.385. The zero-order chi connectivity index (χ0) is 17.7. The van der Waals surface area contributed by atoms with Crippen LogP contribution >= 0.6 is 0 Å². The molecule has 24 heavy (non-hydrogen) atoms. The van der Waals surface area contributed by atoms with Crippen LogP contribution in [0.1, 0.15) is 23.2 Å². The highest BCUT2D eigenvalue weighted by atomic mass is 19.4. The minimum atomic E-state index is -4.22. The van der Waals surface area contributed by atoms with Crippen molar-refractivity contribution in [2.75, 3.05) is 26.2 Å². The van der Waals surface area contributed by atoms with Crippen LogP contribution in [0.3, 0.4) is 0 Å².